The van der Waals surface area contributed by atoms with Crippen molar-refractivity contribution in [3.63, 3.8) is 0 Å². The molecule has 3 heteroatoms. The fraction of sp³-hybridized carbons (Fsp3) is 0.235. The Hall–Kier alpha value is -2.13. The molecule has 0 radical (unpaired) electrons. The molecule has 0 bridgehead atoms. The fourth-order valence-electron chi connectivity index (χ4n) is 2.02. The Morgan fingerprint density at radius 1 is 1.05 bits per heavy atom. The van der Waals surface area contributed by atoms with Crippen molar-refractivity contribution in [1.82, 2.24) is 0 Å². The van der Waals surface area contributed by atoms with E-state index < -0.39 is 0 Å². The smallest absolute Gasteiger partial charge is 0.338 e. The summed E-state index contributed by atoms with van der Waals surface area (Å²) in [5.74, 6) is -0.320. The number of ether oxygens (including phenoxy) is 2. The number of benzene rings is 2. The average Bonchev–Trinajstić information content (AvgIpc) is 2.52. The van der Waals surface area contributed by atoms with Crippen LogP contribution < -0.4 is 0 Å². The predicted molar refractivity (Wildman–Crippen MR) is 78.5 cm³/mol. The van der Waals surface area contributed by atoms with Crippen molar-refractivity contribution in [1.29, 1.82) is 0 Å². The summed E-state index contributed by atoms with van der Waals surface area (Å²) in [5.41, 5.74) is 3.56. The highest BCUT2D eigenvalue weighted by molar-refractivity contribution is 5.97. The van der Waals surface area contributed by atoms with E-state index in [-0.39, 0.29) is 5.97 Å². The lowest BCUT2D eigenvalue weighted by Gasteiger charge is -2.09. The molecular formula is C17H18O3. The maximum absolute atomic E-state index is 11.8. The van der Waals surface area contributed by atoms with Gasteiger partial charge in [-0.25, -0.2) is 4.79 Å². The van der Waals surface area contributed by atoms with E-state index in [1.165, 1.54) is 7.11 Å². The van der Waals surface area contributed by atoms with Crippen LogP contribution >= 0.6 is 0 Å². The van der Waals surface area contributed by atoms with Crippen LogP contribution in [0.2, 0.25) is 0 Å². The van der Waals surface area contributed by atoms with Gasteiger partial charge in [-0.15, -0.1) is 0 Å². The minimum Gasteiger partial charge on any atom is -0.465 e. The highest BCUT2D eigenvalue weighted by Gasteiger charge is 2.12. The minimum atomic E-state index is -0.320. The molecular weight excluding hydrogens is 252 g/mol. The quantitative estimate of drug-likeness (QED) is 0.777. The molecule has 20 heavy (non-hydrogen) atoms. The zero-order valence-electron chi connectivity index (χ0n) is 11.8. The van der Waals surface area contributed by atoms with Crippen LogP contribution in [-0.2, 0) is 16.1 Å². The first-order valence-electron chi connectivity index (χ1n) is 6.60. The average molecular weight is 270 g/mol. The summed E-state index contributed by atoms with van der Waals surface area (Å²) < 4.78 is 10.2. The molecule has 0 aliphatic rings. The zero-order valence-corrected chi connectivity index (χ0v) is 11.8. The number of carbonyl (C=O) groups excluding carboxylic acids is 1. The van der Waals surface area contributed by atoms with Gasteiger partial charge < -0.3 is 9.47 Å². The van der Waals surface area contributed by atoms with Gasteiger partial charge in [0.2, 0.25) is 0 Å². The van der Waals surface area contributed by atoms with Crippen LogP contribution in [0.3, 0.4) is 0 Å². The standard InChI is InChI=1S/C17H18O3/c1-3-20-12-13-8-10-14(11-9-13)15-6-4-5-7-16(15)17(18)19-2/h4-11H,3,12H2,1-2H3. The molecule has 0 saturated carbocycles. The summed E-state index contributed by atoms with van der Waals surface area (Å²) in [6.07, 6.45) is 0. The first-order chi connectivity index (χ1) is 9.76. The molecule has 0 N–H and O–H groups in total. The molecule has 0 spiro atoms. The predicted octanol–water partition coefficient (Wildman–Crippen LogP) is 3.68. The minimum absolute atomic E-state index is 0.320. The van der Waals surface area contributed by atoms with E-state index in [9.17, 15) is 4.79 Å². The Bertz CT molecular complexity index is 573. The van der Waals surface area contributed by atoms with Crippen molar-refractivity contribution in [3.8, 4) is 11.1 Å². The summed E-state index contributed by atoms with van der Waals surface area (Å²) in [6, 6.07) is 15.5. The van der Waals surface area contributed by atoms with Crippen molar-refractivity contribution in [3.05, 3.63) is 59.7 Å². The molecule has 0 unspecified atom stereocenters. The number of methoxy groups -OCH3 is 1. The van der Waals surface area contributed by atoms with Gasteiger partial charge in [-0.1, -0.05) is 42.5 Å². The van der Waals surface area contributed by atoms with Gasteiger partial charge in [-0.3, -0.25) is 0 Å². The van der Waals surface area contributed by atoms with Crippen LogP contribution in [0.4, 0.5) is 0 Å². The normalized spacial score (nSPS) is 10.3. The van der Waals surface area contributed by atoms with Gasteiger partial charge in [0, 0.05) is 6.61 Å². The van der Waals surface area contributed by atoms with E-state index in [0.29, 0.717) is 18.8 Å². The van der Waals surface area contributed by atoms with Crippen molar-refractivity contribution in [2.24, 2.45) is 0 Å². The second kappa shape index (κ2) is 6.87. The Morgan fingerprint density at radius 3 is 2.40 bits per heavy atom. The molecule has 2 aromatic rings. The number of carbonyl (C=O) groups is 1. The Labute approximate surface area is 119 Å². The topological polar surface area (TPSA) is 35.5 Å². The second-order valence-electron chi connectivity index (χ2n) is 4.37. The van der Waals surface area contributed by atoms with E-state index in [2.05, 4.69) is 0 Å². The molecule has 0 saturated heterocycles. The Kier molecular flexibility index (Phi) is 4.91. The Balaban J connectivity index is 2.30. The van der Waals surface area contributed by atoms with Gasteiger partial charge in [0.05, 0.1) is 19.3 Å². The Morgan fingerprint density at radius 2 is 1.75 bits per heavy atom. The van der Waals surface area contributed by atoms with Gasteiger partial charge >= 0.3 is 5.97 Å². The number of hydrogen-bond acceptors (Lipinski definition) is 3. The highest BCUT2D eigenvalue weighted by atomic mass is 16.5. The highest BCUT2D eigenvalue weighted by Crippen LogP contribution is 2.24. The van der Waals surface area contributed by atoms with Crippen LogP contribution in [-0.4, -0.2) is 19.7 Å². The summed E-state index contributed by atoms with van der Waals surface area (Å²) in [4.78, 5) is 11.8. The number of hydrogen-bond donors (Lipinski definition) is 0. The summed E-state index contributed by atoms with van der Waals surface area (Å²) >= 11 is 0. The zero-order chi connectivity index (χ0) is 14.4. The summed E-state index contributed by atoms with van der Waals surface area (Å²) in [6.45, 7) is 3.28. The molecule has 0 fully saturated rings. The lowest BCUT2D eigenvalue weighted by Crippen LogP contribution is -2.03. The van der Waals surface area contributed by atoms with E-state index in [1.54, 1.807) is 6.07 Å². The number of esters is 1. The van der Waals surface area contributed by atoms with Crippen LogP contribution in [0.1, 0.15) is 22.8 Å². The SMILES string of the molecule is CCOCc1ccc(-c2ccccc2C(=O)OC)cc1. The van der Waals surface area contributed by atoms with Crippen LogP contribution in [0.5, 0.6) is 0 Å². The van der Waals surface area contributed by atoms with E-state index in [0.717, 1.165) is 16.7 Å². The van der Waals surface area contributed by atoms with Crippen molar-refractivity contribution < 1.29 is 14.3 Å². The molecule has 2 aromatic carbocycles. The lowest BCUT2D eigenvalue weighted by atomic mass is 9.99. The fourth-order valence-corrected chi connectivity index (χ4v) is 2.02. The maximum atomic E-state index is 11.8. The third kappa shape index (κ3) is 3.25. The monoisotopic (exact) mass is 270 g/mol. The molecule has 2 rings (SSSR count). The van der Waals surface area contributed by atoms with E-state index in [4.69, 9.17) is 9.47 Å². The van der Waals surface area contributed by atoms with E-state index in [1.807, 2.05) is 49.4 Å². The van der Waals surface area contributed by atoms with Gasteiger partial charge in [-0.2, -0.15) is 0 Å². The maximum Gasteiger partial charge on any atom is 0.338 e. The largest absolute Gasteiger partial charge is 0.465 e. The molecule has 0 atom stereocenters. The van der Waals surface area contributed by atoms with Crippen LogP contribution in [0.15, 0.2) is 48.5 Å². The molecule has 0 amide bonds. The van der Waals surface area contributed by atoms with Crippen molar-refractivity contribution in [2.75, 3.05) is 13.7 Å². The third-order valence-electron chi connectivity index (χ3n) is 3.07. The molecule has 0 heterocycles. The summed E-state index contributed by atoms with van der Waals surface area (Å²) in [7, 11) is 1.39. The van der Waals surface area contributed by atoms with Gasteiger partial charge in [0.25, 0.3) is 0 Å². The van der Waals surface area contributed by atoms with Gasteiger partial charge in [0.1, 0.15) is 0 Å². The number of rotatable bonds is 5. The van der Waals surface area contributed by atoms with Crippen LogP contribution in [0, 0.1) is 0 Å². The molecule has 0 aliphatic carbocycles. The first-order valence-corrected chi connectivity index (χ1v) is 6.60. The van der Waals surface area contributed by atoms with Crippen molar-refractivity contribution in [2.45, 2.75) is 13.5 Å². The lowest BCUT2D eigenvalue weighted by molar-refractivity contribution is 0.0601. The van der Waals surface area contributed by atoms with Gasteiger partial charge in [0.15, 0.2) is 0 Å². The first kappa shape index (κ1) is 14.3. The molecule has 0 aliphatic heterocycles. The third-order valence-corrected chi connectivity index (χ3v) is 3.07. The molecule has 0 aromatic heterocycles. The molecule has 3 nitrogen and oxygen atoms in total. The van der Waals surface area contributed by atoms with E-state index >= 15 is 0 Å². The summed E-state index contributed by atoms with van der Waals surface area (Å²) in [5, 5.41) is 0. The second-order valence-corrected chi connectivity index (χ2v) is 4.37. The van der Waals surface area contributed by atoms with Gasteiger partial charge in [-0.05, 0) is 29.7 Å². The van der Waals surface area contributed by atoms with Crippen LogP contribution in [0.25, 0.3) is 11.1 Å². The van der Waals surface area contributed by atoms with Crippen molar-refractivity contribution >= 4 is 5.97 Å². The molecule has 104 valence electrons.